The van der Waals surface area contributed by atoms with Crippen molar-refractivity contribution in [1.29, 1.82) is 0 Å². The number of halogens is 1. The molecule has 2 aromatic rings. The summed E-state index contributed by atoms with van der Waals surface area (Å²) in [5.74, 6) is 0.783. The second-order valence-corrected chi connectivity index (χ2v) is 5.63. The number of methoxy groups -OCH3 is 2. The summed E-state index contributed by atoms with van der Waals surface area (Å²) in [4.78, 5) is 22.6. The second kappa shape index (κ2) is 7.85. The van der Waals surface area contributed by atoms with Crippen LogP contribution in [0.25, 0.3) is 0 Å². The third-order valence-corrected chi connectivity index (χ3v) is 3.97. The molecule has 1 N–H and O–H groups in total. The Hall–Kier alpha value is -2.80. The molecule has 25 heavy (non-hydrogen) atoms. The zero-order valence-corrected chi connectivity index (χ0v) is 14.7. The number of nitrogens with zero attached hydrogens (tertiary/aromatic N) is 1. The molecule has 0 spiro atoms. The largest absolute Gasteiger partial charge is 0.497 e. The standard InChI is InChI=1S/C17H17ClN2O5/c1-10(14-9-12(24-2)5-7-16(14)25-3)19-17(21)13-6-4-11(20(22)23)8-15(13)18/h4-10H,1-3H3,(H,19,21). The molecule has 0 aliphatic carbocycles. The Kier molecular flexibility index (Phi) is 5.82. The number of nitro groups is 1. The van der Waals surface area contributed by atoms with E-state index in [0.717, 1.165) is 11.6 Å². The lowest BCUT2D eigenvalue weighted by atomic mass is 10.1. The molecular weight excluding hydrogens is 348 g/mol. The first kappa shape index (κ1) is 18.5. The van der Waals surface area contributed by atoms with Gasteiger partial charge in [0.2, 0.25) is 0 Å². The van der Waals surface area contributed by atoms with E-state index in [-0.39, 0.29) is 16.3 Å². The Morgan fingerprint density at radius 2 is 1.92 bits per heavy atom. The molecule has 0 saturated heterocycles. The first-order valence-corrected chi connectivity index (χ1v) is 7.72. The van der Waals surface area contributed by atoms with Crippen LogP contribution in [0.3, 0.4) is 0 Å². The highest BCUT2D eigenvalue weighted by Crippen LogP contribution is 2.30. The van der Waals surface area contributed by atoms with Crippen LogP contribution >= 0.6 is 11.6 Å². The van der Waals surface area contributed by atoms with Crippen LogP contribution in [0.15, 0.2) is 36.4 Å². The van der Waals surface area contributed by atoms with Gasteiger partial charge in [-0.15, -0.1) is 0 Å². The first-order valence-electron chi connectivity index (χ1n) is 7.34. The van der Waals surface area contributed by atoms with Gasteiger partial charge < -0.3 is 14.8 Å². The monoisotopic (exact) mass is 364 g/mol. The van der Waals surface area contributed by atoms with E-state index >= 15 is 0 Å². The minimum atomic E-state index is -0.572. The molecule has 0 aliphatic heterocycles. The first-order chi connectivity index (χ1) is 11.9. The number of nitro benzene ring substituents is 1. The fraction of sp³-hybridized carbons (Fsp3) is 0.235. The predicted molar refractivity (Wildman–Crippen MR) is 93.5 cm³/mol. The van der Waals surface area contributed by atoms with E-state index in [0.29, 0.717) is 11.5 Å². The summed E-state index contributed by atoms with van der Waals surface area (Å²) in [7, 11) is 3.08. The summed E-state index contributed by atoms with van der Waals surface area (Å²) >= 11 is 5.99. The van der Waals surface area contributed by atoms with Gasteiger partial charge in [0, 0.05) is 17.7 Å². The summed E-state index contributed by atoms with van der Waals surface area (Å²) in [5.41, 5.74) is 0.707. The molecule has 1 amide bonds. The van der Waals surface area contributed by atoms with Gasteiger partial charge in [-0.1, -0.05) is 11.6 Å². The zero-order valence-electron chi connectivity index (χ0n) is 13.9. The second-order valence-electron chi connectivity index (χ2n) is 5.22. The highest BCUT2D eigenvalue weighted by molar-refractivity contribution is 6.34. The molecule has 0 bridgehead atoms. The van der Waals surface area contributed by atoms with E-state index < -0.39 is 16.9 Å². The molecule has 2 aromatic carbocycles. The number of carbonyl (C=O) groups is 1. The van der Waals surface area contributed by atoms with Crippen molar-refractivity contribution in [2.45, 2.75) is 13.0 Å². The summed E-state index contributed by atoms with van der Waals surface area (Å²) < 4.78 is 10.5. The van der Waals surface area contributed by atoms with E-state index in [4.69, 9.17) is 21.1 Å². The third-order valence-electron chi connectivity index (χ3n) is 3.66. The number of benzene rings is 2. The van der Waals surface area contributed by atoms with Crippen molar-refractivity contribution in [3.63, 3.8) is 0 Å². The Labute approximate surface area is 149 Å². The van der Waals surface area contributed by atoms with Crippen LogP contribution in [0.4, 0.5) is 5.69 Å². The quantitative estimate of drug-likeness (QED) is 0.622. The lowest BCUT2D eigenvalue weighted by Crippen LogP contribution is -2.27. The minimum absolute atomic E-state index is 0.0107. The summed E-state index contributed by atoms with van der Waals surface area (Å²) in [6, 6.07) is 8.57. The number of hydrogen-bond acceptors (Lipinski definition) is 5. The van der Waals surface area contributed by atoms with Crippen LogP contribution in [0, 0.1) is 10.1 Å². The fourth-order valence-electron chi connectivity index (χ4n) is 2.33. The number of ether oxygens (including phenoxy) is 2. The molecule has 1 atom stereocenters. The summed E-state index contributed by atoms with van der Waals surface area (Å²) in [6.07, 6.45) is 0. The maximum absolute atomic E-state index is 12.4. The van der Waals surface area contributed by atoms with Crippen molar-refractivity contribution in [2.24, 2.45) is 0 Å². The Bertz CT molecular complexity index is 810. The highest BCUT2D eigenvalue weighted by atomic mass is 35.5. The summed E-state index contributed by atoms with van der Waals surface area (Å²) in [5, 5.41) is 13.6. The SMILES string of the molecule is COc1ccc(OC)c(C(C)NC(=O)c2ccc([N+](=O)[O-])cc2Cl)c1. The topological polar surface area (TPSA) is 90.7 Å². The molecule has 0 saturated carbocycles. The maximum atomic E-state index is 12.4. The Balaban J connectivity index is 2.24. The van der Waals surface area contributed by atoms with Gasteiger partial charge in [-0.3, -0.25) is 14.9 Å². The van der Waals surface area contributed by atoms with Crippen LogP contribution in [0.2, 0.25) is 5.02 Å². The number of non-ortho nitro benzene ring substituents is 1. The van der Waals surface area contributed by atoms with Crippen LogP contribution in [0.5, 0.6) is 11.5 Å². The molecule has 1 unspecified atom stereocenters. The minimum Gasteiger partial charge on any atom is -0.497 e. The van der Waals surface area contributed by atoms with Gasteiger partial charge >= 0.3 is 0 Å². The van der Waals surface area contributed by atoms with E-state index in [1.165, 1.54) is 19.2 Å². The molecule has 2 rings (SSSR count). The van der Waals surface area contributed by atoms with Gasteiger partial charge in [-0.2, -0.15) is 0 Å². The van der Waals surface area contributed by atoms with Gasteiger partial charge in [0.25, 0.3) is 11.6 Å². The van der Waals surface area contributed by atoms with E-state index in [1.54, 1.807) is 32.2 Å². The third kappa shape index (κ3) is 4.19. The number of nitrogens with one attached hydrogen (secondary N) is 1. The van der Waals surface area contributed by atoms with Gasteiger partial charge in [0.05, 0.1) is 35.8 Å². The van der Waals surface area contributed by atoms with E-state index in [2.05, 4.69) is 5.32 Å². The average Bonchev–Trinajstić information content (AvgIpc) is 2.60. The molecule has 0 fully saturated rings. The molecule has 0 radical (unpaired) electrons. The lowest BCUT2D eigenvalue weighted by molar-refractivity contribution is -0.384. The molecule has 7 nitrogen and oxygen atoms in total. The van der Waals surface area contributed by atoms with E-state index in [1.807, 2.05) is 0 Å². The normalized spacial score (nSPS) is 11.5. The lowest BCUT2D eigenvalue weighted by Gasteiger charge is -2.18. The fourth-order valence-corrected chi connectivity index (χ4v) is 2.59. The van der Waals surface area contributed by atoms with Crippen molar-refractivity contribution < 1.29 is 19.2 Å². The zero-order chi connectivity index (χ0) is 18.6. The molecule has 0 aliphatic rings. The molecule has 0 aromatic heterocycles. The van der Waals surface area contributed by atoms with Crippen molar-refractivity contribution >= 4 is 23.2 Å². The van der Waals surface area contributed by atoms with Crippen molar-refractivity contribution in [1.82, 2.24) is 5.32 Å². The van der Waals surface area contributed by atoms with Crippen LogP contribution in [-0.2, 0) is 0 Å². The molecule has 132 valence electrons. The number of rotatable bonds is 6. The molecule has 0 heterocycles. The predicted octanol–water partition coefficient (Wildman–Crippen LogP) is 3.76. The van der Waals surface area contributed by atoms with Crippen LogP contribution in [0.1, 0.15) is 28.9 Å². The van der Waals surface area contributed by atoms with Crippen molar-refractivity contribution in [3.8, 4) is 11.5 Å². The number of hydrogen-bond donors (Lipinski definition) is 1. The number of carbonyl (C=O) groups excluding carboxylic acids is 1. The van der Waals surface area contributed by atoms with Crippen molar-refractivity contribution in [3.05, 3.63) is 62.7 Å². The van der Waals surface area contributed by atoms with Crippen LogP contribution < -0.4 is 14.8 Å². The highest BCUT2D eigenvalue weighted by Gasteiger charge is 2.19. The van der Waals surface area contributed by atoms with E-state index in [9.17, 15) is 14.9 Å². The van der Waals surface area contributed by atoms with Crippen LogP contribution in [-0.4, -0.2) is 25.1 Å². The smallest absolute Gasteiger partial charge is 0.270 e. The molecule has 8 heteroatoms. The molecular formula is C17H17ClN2O5. The number of amides is 1. The van der Waals surface area contributed by atoms with Gasteiger partial charge in [-0.25, -0.2) is 0 Å². The van der Waals surface area contributed by atoms with Gasteiger partial charge in [0.1, 0.15) is 11.5 Å². The Morgan fingerprint density at radius 3 is 2.48 bits per heavy atom. The summed E-state index contributed by atoms with van der Waals surface area (Å²) in [6.45, 7) is 1.79. The maximum Gasteiger partial charge on any atom is 0.270 e. The average molecular weight is 365 g/mol. The Morgan fingerprint density at radius 1 is 1.20 bits per heavy atom. The van der Waals surface area contributed by atoms with Gasteiger partial charge in [-0.05, 0) is 31.2 Å². The van der Waals surface area contributed by atoms with Gasteiger partial charge in [0.15, 0.2) is 0 Å². The van der Waals surface area contributed by atoms with Crippen molar-refractivity contribution in [2.75, 3.05) is 14.2 Å².